The third kappa shape index (κ3) is 17.7. The molecule has 0 heterocycles. The zero-order chi connectivity index (χ0) is 19.5. The van der Waals surface area contributed by atoms with Gasteiger partial charge in [0.1, 0.15) is 19.3 Å². The number of hydrogen-bond donors (Lipinski definition) is 1. The largest absolute Gasteiger partial charge is 0.463 e. The molecule has 1 atom stereocenters. The maximum absolute atomic E-state index is 11.6. The standard InChI is InChI=1S/C21H40O5/c1-3-5-7-9-10-12-14-16-21(24)26-18-19(22)17-25-20(23)15-13-11-8-6-4-2/h19,22H,3-18H2,1-2H3/t19-/m1/s1. The van der Waals surface area contributed by atoms with Gasteiger partial charge in [-0.15, -0.1) is 0 Å². The molecular formula is C21H40O5. The van der Waals surface area contributed by atoms with Crippen LogP contribution in [0.25, 0.3) is 0 Å². The first-order valence-corrected chi connectivity index (χ1v) is 10.6. The molecule has 0 saturated heterocycles. The molecule has 0 aromatic carbocycles. The third-order valence-corrected chi connectivity index (χ3v) is 4.34. The maximum Gasteiger partial charge on any atom is 0.305 e. The second-order valence-electron chi connectivity index (χ2n) is 7.06. The lowest BCUT2D eigenvalue weighted by Gasteiger charge is -2.12. The number of esters is 2. The quantitative estimate of drug-likeness (QED) is 0.273. The van der Waals surface area contributed by atoms with Crippen molar-refractivity contribution in [2.75, 3.05) is 13.2 Å². The Kier molecular flexibility index (Phi) is 17.9. The molecule has 0 aromatic rings. The average Bonchev–Trinajstić information content (AvgIpc) is 2.63. The second-order valence-corrected chi connectivity index (χ2v) is 7.06. The van der Waals surface area contributed by atoms with E-state index in [0.29, 0.717) is 12.8 Å². The van der Waals surface area contributed by atoms with Crippen LogP contribution in [-0.2, 0) is 19.1 Å². The molecule has 0 aliphatic carbocycles. The minimum absolute atomic E-state index is 0.112. The van der Waals surface area contributed by atoms with Gasteiger partial charge < -0.3 is 14.6 Å². The molecule has 0 aliphatic heterocycles. The van der Waals surface area contributed by atoms with Crippen LogP contribution in [0.2, 0.25) is 0 Å². The lowest BCUT2D eigenvalue weighted by Crippen LogP contribution is -2.25. The Labute approximate surface area is 159 Å². The first kappa shape index (κ1) is 24.9. The smallest absolute Gasteiger partial charge is 0.305 e. The average molecular weight is 373 g/mol. The van der Waals surface area contributed by atoms with E-state index in [1.54, 1.807) is 0 Å². The molecule has 0 fully saturated rings. The van der Waals surface area contributed by atoms with Gasteiger partial charge in [-0.1, -0.05) is 78.1 Å². The van der Waals surface area contributed by atoms with E-state index in [0.717, 1.165) is 38.5 Å². The van der Waals surface area contributed by atoms with Crippen molar-refractivity contribution < 1.29 is 24.2 Å². The molecule has 1 N–H and O–H groups in total. The number of carbonyl (C=O) groups excluding carboxylic acids is 2. The van der Waals surface area contributed by atoms with E-state index < -0.39 is 6.10 Å². The van der Waals surface area contributed by atoms with Gasteiger partial charge in [0.25, 0.3) is 0 Å². The van der Waals surface area contributed by atoms with Gasteiger partial charge in [0.2, 0.25) is 0 Å². The summed E-state index contributed by atoms with van der Waals surface area (Å²) in [4.78, 5) is 23.2. The predicted octanol–water partition coefficient (Wildman–Crippen LogP) is 4.93. The topological polar surface area (TPSA) is 72.8 Å². The highest BCUT2D eigenvalue weighted by molar-refractivity contribution is 5.69. The first-order chi connectivity index (χ1) is 12.6. The van der Waals surface area contributed by atoms with Crippen LogP contribution in [0.15, 0.2) is 0 Å². The van der Waals surface area contributed by atoms with Crippen molar-refractivity contribution in [3.05, 3.63) is 0 Å². The van der Waals surface area contributed by atoms with Crippen LogP contribution < -0.4 is 0 Å². The van der Waals surface area contributed by atoms with E-state index in [4.69, 9.17) is 9.47 Å². The highest BCUT2D eigenvalue weighted by atomic mass is 16.6. The predicted molar refractivity (Wildman–Crippen MR) is 104 cm³/mol. The summed E-state index contributed by atoms with van der Waals surface area (Å²) in [6, 6.07) is 0. The molecule has 5 heteroatoms. The molecule has 0 rings (SSSR count). The maximum atomic E-state index is 11.6. The molecule has 154 valence electrons. The molecule has 0 aliphatic rings. The molecule has 0 unspecified atom stereocenters. The summed E-state index contributed by atoms with van der Waals surface area (Å²) >= 11 is 0. The Hall–Kier alpha value is -1.10. The molecule has 0 saturated carbocycles. The van der Waals surface area contributed by atoms with Crippen LogP contribution in [-0.4, -0.2) is 36.4 Å². The van der Waals surface area contributed by atoms with Gasteiger partial charge in [-0.2, -0.15) is 0 Å². The van der Waals surface area contributed by atoms with Gasteiger partial charge in [0, 0.05) is 12.8 Å². The highest BCUT2D eigenvalue weighted by Gasteiger charge is 2.11. The molecule has 0 spiro atoms. The number of hydrogen-bond acceptors (Lipinski definition) is 5. The Morgan fingerprint density at radius 2 is 1.00 bits per heavy atom. The fourth-order valence-corrected chi connectivity index (χ4v) is 2.67. The number of unbranched alkanes of at least 4 members (excludes halogenated alkanes) is 10. The van der Waals surface area contributed by atoms with E-state index in [-0.39, 0.29) is 25.2 Å². The molecule has 0 bridgehead atoms. The van der Waals surface area contributed by atoms with E-state index in [1.165, 1.54) is 38.5 Å². The summed E-state index contributed by atoms with van der Waals surface area (Å²) in [6.07, 6.45) is 13.2. The van der Waals surface area contributed by atoms with Crippen molar-refractivity contribution in [1.82, 2.24) is 0 Å². The number of aliphatic hydroxyl groups is 1. The number of rotatable bonds is 18. The van der Waals surface area contributed by atoms with Crippen molar-refractivity contribution in [2.24, 2.45) is 0 Å². The molecule has 5 nitrogen and oxygen atoms in total. The van der Waals surface area contributed by atoms with Crippen LogP contribution in [0.5, 0.6) is 0 Å². The highest BCUT2D eigenvalue weighted by Crippen LogP contribution is 2.09. The van der Waals surface area contributed by atoms with E-state index in [1.807, 2.05) is 0 Å². The molecule has 0 amide bonds. The fourth-order valence-electron chi connectivity index (χ4n) is 2.67. The lowest BCUT2D eigenvalue weighted by molar-refractivity contribution is -0.152. The molecular weight excluding hydrogens is 332 g/mol. The number of carbonyl (C=O) groups is 2. The van der Waals surface area contributed by atoms with Crippen molar-refractivity contribution in [1.29, 1.82) is 0 Å². The first-order valence-electron chi connectivity index (χ1n) is 10.6. The van der Waals surface area contributed by atoms with Crippen LogP contribution >= 0.6 is 0 Å². The van der Waals surface area contributed by atoms with Gasteiger partial charge in [0.15, 0.2) is 0 Å². The minimum atomic E-state index is -0.947. The zero-order valence-corrected chi connectivity index (χ0v) is 17.0. The van der Waals surface area contributed by atoms with Crippen LogP contribution in [0, 0.1) is 0 Å². The normalized spacial score (nSPS) is 12.0. The summed E-state index contributed by atoms with van der Waals surface area (Å²) in [5, 5.41) is 9.73. The second kappa shape index (κ2) is 18.7. The van der Waals surface area contributed by atoms with Gasteiger partial charge >= 0.3 is 11.9 Å². The van der Waals surface area contributed by atoms with Crippen molar-refractivity contribution in [3.8, 4) is 0 Å². The van der Waals surface area contributed by atoms with Gasteiger partial charge in [0.05, 0.1) is 0 Å². The van der Waals surface area contributed by atoms with Crippen LogP contribution in [0.3, 0.4) is 0 Å². The zero-order valence-electron chi connectivity index (χ0n) is 17.0. The summed E-state index contributed by atoms with van der Waals surface area (Å²) in [5.74, 6) is -0.588. The third-order valence-electron chi connectivity index (χ3n) is 4.34. The monoisotopic (exact) mass is 372 g/mol. The fraction of sp³-hybridized carbons (Fsp3) is 0.905. The SMILES string of the molecule is CCCCCCCCCC(=O)OC[C@H](O)COC(=O)CCCCCCC. The summed E-state index contributed by atoms with van der Waals surface area (Å²) in [5.41, 5.74) is 0. The van der Waals surface area contributed by atoms with Crippen molar-refractivity contribution in [2.45, 2.75) is 110 Å². The van der Waals surface area contributed by atoms with Crippen LogP contribution in [0.1, 0.15) is 104 Å². The van der Waals surface area contributed by atoms with Gasteiger partial charge in [-0.25, -0.2) is 0 Å². The van der Waals surface area contributed by atoms with Crippen molar-refractivity contribution in [3.63, 3.8) is 0 Å². The van der Waals surface area contributed by atoms with E-state index >= 15 is 0 Å². The Morgan fingerprint density at radius 1 is 0.654 bits per heavy atom. The summed E-state index contributed by atoms with van der Waals surface area (Å²) in [6.45, 7) is 4.12. The number of ether oxygens (including phenoxy) is 2. The van der Waals surface area contributed by atoms with E-state index in [2.05, 4.69) is 13.8 Å². The minimum Gasteiger partial charge on any atom is -0.463 e. The molecule has 0 aromatic heterocycles. The Bertz CT molecular complexity index is 343. The molecule has 0 radical (unpaired) electrons. The Balaban J connectivity index is 3.49. The molecule has 26 heavy (non-hydrogen) atoms. The lowest BCUT2D eigenvalue weighted by atomic mass is 10.1. The summed E-state index contributed by atoms with van der Waals surface area (Å²) < 4.78 is 10.0. The van der Waals surface area contributed by atoms with Crippen molar-refractivity contribution >= 4 is 11.9 Å². The van der Waals surface area contributed by atoms with Crippen LogP contribution in [0.4, 0.5) is 0 Å². The Morgan fingerprint density at radius 3 is 1.38 bits per heavy atom. The van der Waals surface area contributed by atoms with Gasteiger partial charge in [-0.05, 0) is 12.8 Å². The van der Waals surface area contributed by atoms with Gasteiger partial charge in [-0.3, -0.25) is 9.59 Å². The summed E-state index contributed by atoms with van der Waals surface area (Å²) in [7, 11) is 0. The number of aliphatic hydroxyl groups excluding tert-OH is 1. The van der Waals surface area contributed by atoms with E-state index in [9.17, 15) is 14.7 Å².